The van der Waals surface area contributed by atoms with Crippen molar-refractivity contribution in [3.05, 3.63) is 0 Å². The van der Waals surface area contributed by atoms with Crippen molar-refractivity contribution in [2.24, 2.45) is 0 Å². The van der Waals surface area contributed by atoms with E-state index in [-0.39, 0.29) is 0 Å². The number of hydrogen-bond donors (Lipinski definition) is 1. The maximum absolute atomic E-state index is 4.57. The summed E-state index contributed by atoms with van der Waals surface area (Å²) in [4.78, 5) is 3.05. The summed E-state index contributed by atoms with van der Waals surface area (Å²) < 4.78 is 0. The zero-order valence-corrected chi connectivity index (χ0v) is 6.34. The molecule has 1 aliphatic rings. The van der Waals surface area contributed by atoms with Crippen molar-refractivity contribution in [1.82, 2.24) is 0 Å². The zero-order chi connectivity index (χ0) is 6.53. The maximum atomic E-state index is 4.57. The lowest BCUT2D eigenvalue weighted by molar-refractivity contribution is -0.499. The van der Waals surface area contributed by atoms with Gasteiger partial charge in [-0.1, -0.05) is 6.42 Å². The highest BCUT2D eigenvalue weighted by molar-refractivity contribution is 7.78. The summed E-state index contributed by atoms with van der Waals surface area (Å²) in [5.74, 6) is 0. The Morgan fingerprint density at radius 2 is 1.89 bits per heavy atom. The summed E-state index contributed by atoms with van der Waals surface area (Å²) in [6.45, 7) is 0. The molecule has 9 heavy (non-hydrogen) atoms. The molecule has 1 fully saturated rings. The number of isothiocyanates is 1. The minimum absolute atomic E-state index is 0.635. The number of rotatable bonds is 1. The number of nitrogens with one attached hydrogen (secondary N) is 1. The van der Waals surface area contributed by atoms with Gasteiger partial charge in [-0.05, 0) is 12.8 Å². The fraction of sp³-hybridized carbons (Fsp3) is 0.857. The van der Waals surface area contributed by atoms with Crippen LogP contribution >= 0.6 is 12.2 Å². The quantitative estimate of drug-likeness (QED) is 0.416. The summed E-state index contributed by atoms with van der Waals surface area (Å²) in [7, 11) is 0. The molecule has 1 nitrogen and oxygen atoms in total. The zero-order valence-electron chi connectivity index (χ0n) is 5.52. The van der Waals surface area contributed by atoms with Crippen LogP contribution in [0.3, 0.4) is 0 Å². The van der Waals surface area contributed by atoms with Crippen molar-refractivity contribution >= 4 is 17.4 Å². The summed E-state index contributed by atoms with van der Waals surface area (Å²) in [5, 5.41) is 2.57. The van der Waals surface area contributed by atoms with Crippen LogP contribution in [0.2, 0.25) is 0 Å². The van der Waals surface area contributed by atoms with Crippen molar-refractivity contribution in [3.8, 4) is 0 Å². The molecule has 0 atom stereocenters. The molecule has 1 saturated carbocycles. The third-order valence-corrected chi connectivity index (χ3v) is 1.99. The highest BCUT2D eigenvalue weighted by Crippen LogP contribution is 2.13. The molecule has 0 bridgehead atoms. The van der Waals surface area contributed by atoms with Gasteiger partial charge in [0.1, 0.15) is 0 Å². The molecule has 0 aromatic heterocycles. The van der Waals surface area contributed by atoms with Crippen LogP contribution < -0.4 is 4.99 Å². The maximum Gasteiger partial charge on any atom is 0.247 e. The van der Waals surface area contributed by atoms with E-state index in [1.807, 2.05) is 0 Å². The molecule has 0 spiro atoms. The fourth-order valence-corrected chi connectivity index (χ4v) is 1.50. The highest BCUT2D eigenvalue weighted by Gasteiger charge is 2.14. The van der Waals surface area contributed by atoms with Gasteiger partial charge in [0.15, 0.2) is 6.04 Å². The van der Waals surface area contributed by atoms with Crippen molar-refractivity contribution in [2.75, 3.05) is 0 Å². The van der Waals surface area contributed by atoms with Gasteiger partial charge >= 0.3 is 0 Å². The smallest absolute Gasteiger partial charge is 0.189 e. The summed E-state index contributed by atoms with van der Waals surface area (Å²) in [6.07, 6.45) is 6.67. The van der Waals surface area contributed by atoms with Crippen molar-refractivity contribution in [2.45, 2.75) is 38.1 Å². The summed E-state index contributed by atoms with van der Waals surface area (Å²) >= 11 is 4.57. The number of hydrogen-bond acceptors (Lipinski definition) is 1. The molecule has 0 aromatic rings. The molecular weight excluding hydrogens is 130 g/mol. The Morgan fingerprint density at radius 3 is 2.44 bits per heavy atom. The molecule has 50 valence electrons. The Kier molecular flexibility index (Phi) is 2.88. The van der Waals surface area contributed by atoms with E-state index < -0.39 is 0 Å². The van der Waals surface area contributed by atoms with Crippen LogP contribution in [0, 0.1) is 0 Å². The van der Waals surface area contributed by atoms with Crippen LogP contribution in [0.15, 0.2) is 0 Å². The average Bonchev–Trinajstić information content (AvgIpc) is 1.91. The third kappa shape index (κ3) is 2.25. The first-order valence-corrected chi connectivity index (χ1v) is 3.97. The third-order valence-electron chi connectivity index (χ3n) is 1.87. The standard InChI is InChI=1S/C7H11NS/c9-6-8-7-4-2-1-3-5-7/h7H,1-5H2/p+1. The van der Waals surface area contributed by atoms with Crippen molar-refractivity contribution < 1.29 is 4.99 Å². The molecule has 0 heterocycles. The van der Waals surface area contributed by atoms with E-state index in [9.17, 15) is 0 Å². The molecule has 0 radical (unpaired) electrons. The molecular formula is C7H12NS+. The van der Waals surface area contributed by atoms with Crippen molar-refractivity contribution in [3.63, 3.8) is 0 Å². The molecule has 0 amide bonds. The fourth-order valence-electron chi connectivity index (χ4n) is 1.33. The van der Waals surface area contributed by atoms with E-state index in [2.05, 4.69) is 22.4 Å². The second-order valence-corrected chi connectivity index (χ2v) is 2.79. The normalized spacial score (nSPS) is 20.9. The van der Waals surface area contributed by atoms with E-state index in [0.717, 1.165) is 0 Å². The largest absolute Gasteiger partial charge is 0.247 e. The molecule has 0 aromatic carbocycles. The van der Waals surface area contributed by atoms with E-state index >= 15 is 0 Å². The van der Waals surface area contributed by atoms with Crippen LogP contribution in [0.1, 0.15) is 32.1 Å². The van der Waals surface area contributed by atoms with Gasteiger partial charge in [0, 0.05) is 25.1 Å². The lowest BCUT2D eigenvalue weighted by Gasteiger charge is -2.11. The van der Waals surface area contributed by atoms with Gasteiger partial charge in [-0.2, -0.15) is 4.99 Å². The van der Waals surface area contributed by atoms with Gasteiger partial charge in [0.25, 0.3) is 0 Å². The van der Waals surface area contributed by atoms with Crippen molar-refractivity contribution in [1.29, 1.82) is 0 Å². The van der Waals surface area contributed by atoms with Crippen LogP contribution in [0.5, 0.6) is 0 Å². The first-order valence-electron chi connectivity index (χ1n) is 3.56. The molecule has 1 rings (SSSR count). The lowest BCUT2D eigenvalue weighted by atomic mass is 9.96. The second-order valence-electron chi connectivity index (χ2n) is 2.58. The Morgan fingerprint density at radius 1 is 1.22 bits per heavy atom. The van der Waals surface area contributed by atoms with E-state index in [0.29, 0.717) is 6.04 Å². The Bertz CT molecular complexity index is 121. The molecule has 1 aliphatic carbocycles. The Labute approximate surface area is 61.2 Å². The van der Waals surface area contributed by atoms with Crippen LogP contribution in [0.25, 0.3) is 0 Å². The minimum atomic E-state index is 0.635. The van der Waals surface area contributed by atoms with Gasteiger partial charge in [-0.25, -0.2) is 0 Å². The van der Waals surface area contributed by atoms with E-state index in [1.54, 1.807) is 0 Å². The van der Waals surface area contributed by atoms with Crippen LogP contribution in [-0.2, 0) is 0 Å². The first kappa shape index (κ1) is 6.91. The molecule has 0 saturated heterocycles. The molecule has 1 N–H and O–H groups in total. The Balaban J connectivity index is 2.31. The first-order chi connectivity index (χ1) is 4.43. The number of thiocarbonyl (C=S) groups is 1. The second kappa shape index (κ2) is 3.76. The van der Waals surface area contributed by atoms with Gasteiger partial charge in [-0.15, -0.1) is 0 Å². The monoisotopic (exact) mass is 142 g/mol. The van der Waals surface area contributed by atoms with Gasteiger partial charge in [0.05, 0.1) is 0 Å². The predicted molar refractivity (Wildman–Crippen MR) is 40.4 cm³/mol. The van der Waals surface area contributed by atoms with Gasteiger partial charge in [-0.3, -0.25) is 0 Å². The summed E-state index contributed by atoms with van der Waals surface area (Å²) in [5.41, 5.74) is 0. The molecule has 2 heteroatoms. The topological polar surface area (TPSA) is 14.0 Å². The predicted octanol–water partition coefficient (Wildman–Crippen LogP) is 0.502. The van der Waals surface area contributed by atoms with Crippen LogP contribution in [0.4, 0.5) is 0 Å². The molecule has 0 aliphatic heterocycles. The lowest BCUT2D eigenvalue weighted by Crippen LogP contribution is -2.75. The van der Waals surface area contributed by atoms with E-state index in [1.165, 1.54) is 32.1 Å². The van der Waals surface area contributed by atoms with Crippen LogP contribution in [-0.4, -0.2) is 11.2 Å². The van der Waals surface area contributed by atoms with Gasteiger partial charge < -0.3 is 0 Å². The molecule has 0 unspecified atom stereocenters. The minimum Gasteiger partial charge on any atom is -0.189 e. The summed E-state index contributed by atoms with van der Waals surface area (Å²) in [6, 6.07) is 0.635. The highest BCUT2D eigenvalue weighted by atomic mass is 32.1. The Hall–Kier alpha value is -0.200. The average molecular weight is 142 g/mol. The van der Waals surface area contributed by atoms with E-state index in [4.69, 9.17) is 0 Å². The van der Waals surface area contributed by atoms with Gasteiger partial charge in [0.2, 0.25) is 5.16 Å². The SMILES string of the molecule is S=C=[NH+]C1CCCCC1.